The Kier molecular flexibility index (Phi) is 3.70. The molecule has 1 aliphatic carbocycles. The third-order valence-corrected chi connectivity index (χ3v) is 5.42. The molecule has 116 valence electrons. The number of fused-ring (bicyclic) bond motifs is 2. The zero-order valence-corrected chi connectivity index (χ0v) is 14.2. The van der Waals surface area contributed by atoms with Crippen molar-refractivity contribution in [3.8, 4) is 0 Å². The highest BCUT2D eigenvalue weighted by molar-refractivity contribution is 9.10. The molecule has 1 fully saturated rings. The number of rotatable bonds is 2. The van der Waals surface area contributed by atoms with E-state index in [2.05, 4.69) is 31.8 Å². The van der Waals surface area contributed by atoms with Crippen molar-refractivity contribution >= 4 is 32.4 Å². The Morgan fingerprint density at radius 3 is 3.09 bits per heavy atom. The van der Waals surface area contributed by atoms with Gasteiger partial charge in [0.25, 0.3) is 0 Å². The Hall–Kier alpha value is -1.33. The molecule has 0 N–H and O–H groups in total. The second-order valence-electron chi connectivity index (χ2n) is 5.95. The Balaban J connectivity index is 1.85. The van der Waals surface area contributed by atoms with E-state index in [9.17, 15) is 0 Å². The van der Waals surface area contributed by atoms with Gasteiger partial charge >= 0.3 is 0 Å². The molecule has 0 amide bonds. The van der Waals surface area contributed by atoms with E-state index in [0.29, 0.717) is 0 Å². The minimum Gasteiger partial charge on any atom is -0.504 e. The molecule has 4 nitrogen and oxygen atoms in total. The molecule has 1 aromatic carbocycles. The number of benzene rings is 1. The lowest BCUT2D eigenvalue weighted by atomic mass is 10.1. The summed E-state index contributed by atoms with van der Waals surface area (Å²) in [5.74, 6) is 0. The minimum atomic E-state index is 0.0755. The van der Waals surface area contributed by atoms with Crippen LogP contribution in [-0.2, 0) is 15.9 Å². The first-order chi connectivity index (χ1) is 10.8. The first-order valence-electron chi connectivity index (χ1n) is 7.82. The summed E-state index contributed by atoms with van der Waals surface area (Å²) in [6.07, 6.45) is 9.36. The zero-order valence-electron chi connectivity index (χ0n) is 12.6. The van der Waals surface area contributed by atoms with Gasteiger partial charge in [-0.25, -0.2) is 4.68 Å². The van der Waals surface area contributed by atoms with Crippen molar-refractivity contribution in [1.82, 2.24) is 9.78 Å². The van der Waals surface area contributed by atoms with Crippen molar-refractivity contribution in [1.29, 1.82) is 0 Å². The lowest BCUT2D eigenvalue weighted by Crippen LogP contribution is -2.19. The second kappa shape index (κ2) is 5.70. The fourth-order valence-corrected chi connectivity index (χ4v) is 4.36. The van der Waals surface area contributed by atoms with Gasteiger partial charge in [0, 0.05) is 16.5 Å². The molecule has 1 unspecified atom stereocenters. The molecule has 4 rings (SSSR count). The molecule has 2 heterocycles. The van der Waals surface area contributed by atoms with E-state index in [-0.39, 0.29) is 6.23 Å². The largest absolute Gasteiger partial charge is 0.504 e. The number of ether oxygens (including phenoxy) is 2. The Morgan fingerprint density at radius 1 is 1.41 bits per heavy atom. The van der Waals surface area contributed by atoms with E-state index < -0.39 is 0 Å². The molecule has 0 spiro atoms. The quantitative estimate of drug-likeness (QED) is 0.741. The van der Waals surface area contributed by atoms with Crippen LogP contribution in [0.25, 0.3) is 16.5 Å². The normalized spacial score (nSPS) is 23.2. The van der Waals surface area contributed by atoms with E-state index in [1.165, 1.54) is 23.1 Å². The monoisotopic (exact) mass is 362 g/mol. The minimum absolute atomic E-state index is 0.0755. The SMILES string of the molecule is COC=C1CCc2cc3c(cnn3C3CCCCO3)c(Br)c21. The van der Waals surface area contributed by atoms with Gasteiger partial charge in [0.05, 0.1) is 25.1 Å². The summed E-state index contributed by atoms with van der Waals surface area (Å²) < 4.78 is 14.3. The van der Waals surface area contributed by atoms with Crippen LogP contribution in [0.3, 0.4) is 0 Å². The van der Waals surface area contributed by atoms with E-state index >= 15 is 0 Å². The van der Waals surface area contributed by atoms with E-state index in [0.717, 1.165) is 47.7 Å². The predicted molar refractivity (Wildman–Crippen MR) is 89.6 cm³/mol. The molecular formula is C17H19BrN2O2. The van der Waals surface area contributed by atoms with Crippen LogP contribution < -0.4 is 0 Å². The van der Waals surface area contributed by atoms with Crippen LogP contribution in [-0.4, -0.2) is 23.5 Å². The number of hydrogen-bond donors (Lipinski definition) is 0. The lowest BCUT2D eigenvalue weighted by molar-refractivity contribution is -0.0366. The van der Waals surface area contributed by atoms with Crippen LogP contribution in [0.4, 0.5) is 0 Å². The number of hydrogen-bond acceptors (Lipinski definition) is 3. The molecule has 1 aliphatic heterocycles. The van der Waals surface area contributed by atoms with E-state index in [1.807, 2.05) is 12.5 Å². The Labute approximate surface area is 138 Å². The fourth-order valence-electron chi connectivity index (χ4n) is 3.54. The predicted octanol–water partition coefficient (Wildman–Crippen LogP) is 4.43. The highest BCUT2D eigenvalue weighted by Gasteiger charge is 2.25. The van der Waals surface area contributed by atoms with Gasteiger partial charge in [-0.2, -0.15) is 5.10 Å². The third-order valence-electron chi connectivity index (χ3n) is 4.60. The van der Waals surface area contributed by atoms with Crippen molar-refractivity contribution in [2.24, 2.45) is 0 Å². The van der Waals surface area contributed by atoms with Crippen LogP contribution in [0.15, 0.2) is 23.0 Å². The molecule has 1 aromatic heterocycles. The lowest BCUT2D eigenvalue weighted by Gasteiger charge is -2.23. The molecule has 0 bridgehead atoms. The molecule has 2 aromatic rings. The number of methoxy groups -OCH3 is 1. The smallest absolute Gasteiger partial charge is 0.150 e. The summed E-state index contributed by atoms with van der Waals surface area (Å²) in [5, 5.41) is 5.75. The van der Waals surface area contributed by atoms with Crippen LogP contribution in [0.2, 0.25) is 0 Å². The van der Waals surface area contributed by atoms with Crippen molar-refractivity contribution in [3.05, 3.63) is 34.1 Å². The van der Waals surface area contributed by atoms with Gasteiger partial charge in [0.2, 0.25) is 0 Å². The highest BCUT2D eigenvalue weighted by Crippen LogP contribution is 2.42. The van der Waals surface area contributed by atoms with Crippen LogP contribution in [0.5, 0.6) is 0 Å². The second-order valence-corrected chi connectivity index (χ2v) is 6.74. The van der Waals surface area contributed by atoms with Crippen LogP contribution >= 0.6 is 15.9 Å². The summed E-state index contributed by atoms with van der Waals surface area (Å²) in [4.78, 5) is 0. The maximum Gasteiger partial charge on any atom is 0.150 e. The zero-order chi connectivity index (χ0) is 15.1. The van der Waals surface area contributed by atoms with Crippen LogP contribution in [0, 0.1) is 0 Å². The topological polar surface area (TPSA) is 36.3 Å². The van der Waals surface area contributed by atoms with Crippen molar-refractivity contribution in [2.45, 2.75) is 38.3 Å². The standard InChI is InChI=1S/C17H19BrN2O2/c1-21-10-12-6-5-11-8-14-13(17(18)16(11)12)9-19-20(14)15-4-2-3-7-22-15/h8-10,15H,2-7H2,1H3. The fraction of sp³-hybridized carbons (Fsp3) is 0.471. The van der Waals surface area contributed by atoms with E-state index in [1.54, 1.807) is 7.11 Å². The highest BCUT2D eigenvalue weighted by atomic mass is 79.9. The van der Waals surface area contributed by atoms with Crippen LogP contribution in [0.1, 0.15) is 43.0 Å². The van der Waals surface area contributed by atoms with Gasteiger partial charge in [-0.15, -0.1) is 0 Å². The molecule has 0 saturated carbocycles. The summed E-state index contributed by atoms with van der Waals surface area (Å²) in [6.45, 7) is 0.832. The maximum absolute atomic E-state index is 5.90. The number of nitrogens with zero attached hydrogens (tertiary/aromatic N) is 2. The average molecular weight is 363 g/mol. The number of aromatic nitrogens is 2. The maximum atomic E-state index is 5.90. The molecule has 1 saturated heterocycles. The van der Waals surface area contributed by atoms with Crippen molar-refractivity contribution in [2.75, 3.05) is 13.7 Å². The number of allylic oxidation sites excluding steroid dienone is 1. The van der Waals surface area contributed by atoms with E-state index in [4.69, 9.17) is 9.47 Å². The summed E-state index contributed by atoms with van der Waals surface area (Å²) in [6, 6.07) is 2.27. The van der Waals surface area contributed by atoms with Gasteiger partial charge in [-0.3, -0.25) is 0 Å². The molecular weight excluding hydrogens is 344 g/mol. The van der Waals surface area contributed by atoms with Gasteiger partial charge in [-0.1, -0.05) is 0 Å². The Morgan fingerprint density at radius 2 is 2.32 bits per heavy atom. The summed E-state index contributed by atoms with van der Waals surface area (Å²) in [7, 11) is 1.70. The molecule has 2 aliphatic rings. The Bertz CT molecular complexity index is 745. The first-order valence-corrected chi connectivity index (χ1v) is 8.61. The molecule has 0 radical (unpaired) electrons. The number of aryl methyl sites for hydroxylation is 1. The molecule has 22 heavy (non-hydrogen) atoms. The van der Waals surface area contributed by atoms with Crippen molar-refractivity contribution in [3.63, 3.8) is 0 Å². The average Bonchev–Trinajstić information content (AvgIpc) is 3.14. The van der Waals surface area contributed by atoms with Gasteiger partial charge in [-0.05, 0) is 70.8 Å². The van der Waals surface area contributed by atoms with Gasteiger partial charge in [0.15, 0.2) is 6.23 Å². The third kappa shape index (κ3) is 2.18. The first kappa shape index (κ1) is 14.3. The summed E-state index contributed by atoms with van der Waals surface area (Å²) in [5.41, 5.74) is 5.06. The van der Waals surface area contributed by atoms with Gasteiger partial charge in [0.1, 0.15) is 0 Å². The summed E-state index contributed by atoms with van der Waals surface area (Å²) >= 11 is 3.79. The number of halogens is 1. The van der Waals surface area contributed by atoms with Crippen molar-refractivity contribution < 1.29 is 9.47 Å². The van der Waals surface area contributed by atoms with Gasteiger partial charge < -0.3 is 9.47 Å². The molecule has 5 heteroatoms. The molecule has 1 atom stereocenters.